The second-order valence-corrected chi connectivity index (χ2v) is 5.71. The highest BCUT2D eigenvalue weighted by molar-refractivity contribution is 5.75. The second-order valence-electron chi connectivity index (χ2n) is 5.71. The number of ether oxygens (including phenoxy) is 2. The maximum absolute atomic E-state index is 11.7. The largest absolute Gasteiger partial charge is 0.462 e. The molecule has 0 aromatic heterocycles. The van der Waals surface area contributed by atoms with Crippen molar-refractivity contribution in [2.45, 2.75) is 52.2 Å². The monoisotopic (exact) mass is 212 g/mol. The molecule has 0 radical (unpaired) electrons. The van der Waals surface area contributed by atoms with Crippen LogP contribution >= 0.6 is 0 Å². The third-order valence-electron chi connectivity index (χ3n) is 3.29. The van der Waals surface area contributed by atoms with Crippen molar-refractivity contribution in [1.29, 1.82) is 0 Å². The Balaban J connectivity index is 1.85. The van der Waals surface area contributed by atoms with Crippen molar-refractivity contribution in [2.75, 3.05) is 6.61 Å². The molecule has 15 heavy (non-hydrogen) atoms. The molecular formula is C12H20O3. The van der Waals surface area contributed by atoms with Gasteiger partial charge < -0.3 is 9.47 Å². The van der Waals surface area contributed by atoms with Crippen LogP contribution in [0.2, 0.25) is 0 Å². The van der Waals surface area contributed by atoms with E-state index in [0.29, 0.717) is 12.0 Å². The summed E-state index contributed by atoms with van der Waals surface area (Å²) < 4.78 is 11.1. The molecule has 0 aromatic rings. The number of rotatable bonds is 1. The van der Waals surface area contributed by atoms with Gasteiger partial charge in [-0.3, -0.25) is 4.79 Å². The predicted molar refractivity (Wildman–Crippen MR) is 56.4 cm³/mol. The first kappa shape index (κ1) is 10.9. The first-order valence-corrected chi connectivity index (χ1v) is 5.79. The first-order valence-electron chi connectivity index (χ1n) is 5.79. The molecule has 86 valence electrons. The molecule has 2 aliphatic rings. The summed E-state index contributed by atoms with van der Waals surface area (Å²) in [4.78, 5) is 11.7. The average Bonchev–Trinajstić information content (AvgIpc) is 2.61. The van der Waals surface area contributed by atoms with Crippen molar-refractivity contribution in [3.05, 3.63) is 0 Å². The summed E-state index contributed by atoms with van der Waals surface area (Å²) in [5.74, 6) is 0.537. The number of carbonyl (C=O) groups is 1. The zero-order chi connectivity index (χ0) is 11.1. The Morgan fingerprint density at radius 1 is 1.33 bits per heavy atom. The summed E-state index contributed by atoms with van der Waals surface area (Å²) >= 11 is 0. The summed E-state index contributed by atoms with van der Waals surface area (Å²) in [7, 11) is 0. The number of esters is 1. The van der Waals surface area contributed by atoms with E-state index < -0.39 is 5.41 Å². The SMILES string of the molecule is CC(C)(C)C(=O)O[C@@H]1C[C@@H]2CCO[C@@H]2C1. The fourth-order valence-electron chi connectivity index (χ4n) is 2.34. The smallest absolute Gasteiger partial charge is 0.311 e. The van der Waals surface area contributed by atoms with Crippen LogP contribution in [0.3, 0.4) is 0 Å². The summed E-state index contributed by atoms with van der Waals surface area (Å²) in [5, 5.41) is 0. The molecule has 1 aliphatic carbocycles. The van der Waals surface area contributed by atoms with E-state index >= 15 is 0 Å². The molecule has 2 fully saturated rings. The highest BCUT2D eigenvalue weighted by atomic mass is 16.6. The molecule has 1 saturated heterocycles. The molecule has 3 atom stereocenters. The lowest BCUT2D eigenvalue weighted by atomic mass is 9.97. The fraction of sp³-hybridized carbons (Fsp3) is 0.917. The van der Waals surface area contributed by atoms with Gasteiger partial charge in [-0.2, -0.15) is 0 Å². The van der Waals surface area contributed by atoms with Crippen LogP contribution in [0.25, 0.3) is 0 Å². The summed E-state index contributed by atoms with van der Waals surface area (Å²) in [6, 6.07) is 0. The molecule has 1 aliphatic heterocycles. The lowest BCUT2D eigenvalue weighted by Gasteiger charge is -2.20. The molecular weight excluding hydrogens is 192 g/mol. The minimum Gasteiger partial charge on any atom is -0.462 e. The normalized spacial score (nSPS) is 35.3. The molecule has 3 heteroatoms. The molecule has 0 amide bonds. The van der Waals surface area contributed by atoms with Crippen molar-refractivity contribution in [3.63, 3.8) is 0 Å². The van der Waals surface area contributed by atoms with E-state index in [9.17, 15) is 4.79 Å². The van der Waals surface area contributed by atoms with Crippen LogP contribution in [0.1, 0.15) is 40.0 Å². The van der Waals surface area contributed by atoms with Gasteiger partial charge in [0.25, 0.3) is 0 Å². The second kappa shape index (κ2) is 3.78. The van der Waals surface area contributed by atoms with Gasteiger partial charge in [0, 0.05) is 13.0 Å². The van der Waals surface area contributed by atoms with Gasteiger partial charge >= 0.3 is 5.97 Å². The van der Waals surface area contributed by atoms with Gasteiger partial charge in [-0.1, -0.05) is 0 Å². The molecule has 0 N–H and O–H groups in total. The van der Waals surface area contributed by atoms with Crippen LogP contribution in [-0.4, -0.2) is 24.8 Å². The van der Waals surface area contributed by atoms with Crippen LogP contribution in [0.4, 0.5) is 0 Å². The Morgan fingerprint density at radius 2 is 2.07 bits per heavy atom. The highest BCUT2D eigenvalue weighted by Gasteiger charge is 2.41. The molecule has 1 heterocycles. The maximum atomic E-state index is 11.7. The van der Waals surface area contributed by atoms with E-state index in [2.05, 4.69) is 0 Å². The zero-order valence-corrected chi connectivity index (χ0v) is 9.79. The number of carbonyl (C=O) groups excluding carboxylic acids is 1. The molecule has 3 nitrogen and oxygen atoms in total. The van der Waals surface area contributed by atoms with E-state index in [1.807, 2.05) is 20.8 Å². The Morgan fingerprint density at radius 3 is 2.67 bits per heavy atom. The van der Waals surface area contributed by atoms with E-state index in [4.69, 9.17) is 9.47 Å². The van der Waals surface area contributed by atoms with E-state index in [0.717, 1.165) is 25.9 Å². The minimum atomic E-state index is -0.390. The predicted octanol–water partition coefficient (Wildman–Crippen LogP) is 2.14. The Kier molecular flexibility index (Phi) is 2.75. The quantitative estimate of drug-likeness (QED) is 0.625. The van der Waals surface area contributed by atoms with E-state index in [-0.39, 0.29) is 12.1 Å². The topological polar surface area (TPSA) is 35.5 Å². The van der Waals surface area contributed by atoms with Crippen LogP contribution in [0.15, 0.2) is 0 Å². The van der Waals surface area contributed by atoms with Gasteiger partial charge in [0.05, 0.1) is 11.5 Å². The zero-order valence-electron chi connectivity index (χ0n) is 9.79. The standard InChI is InChI=1S/C12H20O3/c1-12(2,3)11(13)15-9-6-8-4-5-14-10(8)7-9/h8-10H,4-7H2,1-3H3/t8-,9+,10+/m0/s1. The molecule has 2 rings (SSSR count). The van der Waals surface area contributed by atoms with Gasteiger partial charge in [-0.25, -0.2) is 0 Å². The first-order chi connectivity index (χ1) is 6.97. The van der Waals surface area contributed by atoms with Gasteiger partial charge in [0.2, 0.25) is 0 Å². The summed E-state index contributed by atoms with van der Waals surface area (Å²) in [6.07, 6.45) is 3.46. The summed E-state index contributed by atoms with van der Waals surface area (Å²) in [5.41, 5.74) is -0.390. The Bertz CT molecular complexity index is 242. The number of hydrogen-bond donors (Lipinski definition) is 0. The maximum Gasteiger partial charge on any atom is 0.311 e. The average molecular weight is 212 g/mol. The van der Waals surface area contributed by atoms with Gasteiger partial charge in [0.1, 0.15) is 6.10 Å². The fourth-order valence-corrected chi connectivity index (χ4v) is 2.34. The third kappa shape index (κ3) is 2.33. The molecule has 0 aromatic carbocycles. The molecule has 0 unspecified atom stereocenters. The van der Waals surface area contributed by atoms with Crippen molar-refractivity contribution in [2.24, 2.45) is 11.3 Å². The van der Waals surface area contributed by atoms with Crippen LogP contribution in [-0.2, 0) is 14.3 Å². The summed E-state index contributed by atoms with van der Waals surface area (Å²) in [6.45, 7) is 6.56. The van der Waals surface area contributed by atoms with Crippen molar-refractivity contribution >= 4 is 5.97 Å². The Labute approximate surface area is 91.1 Å². The van der Waals surface area contributed by atoms with Crippen molar-refractivity contribution < 1.29 is 14.3 Å². The van der Waals surface area contributed by atoms with Gasteiger partial charge in [-0.15, -0.1) is 0 Å². The third-order valence-corrected chi connectivity index (χ3v) is 3.29. The van der Waals surface area contributed by atoms with Gasteiger partial charge in [-0.05, 0) is 39.5 Å². The number of hydrogen-bond acceptors (Lipinski definition) is 3. The molecule has 1 saturated carbocycles. The van der Waals surface area contributed by atoms with Crippen molar-refractivity contribution in [1.82, 2.24) is 0 Å². The highest BCUT2D eigenvalue weighted by Crippen LogP contribution is 2.38. The Hall–Kier alpha value is -0.570. The van der Waals surface area contributed by atoms with Crippen LogP contribution in [0.5, 0.6) is 0 Å². The van der Waals surface area contributed by atoms with E-state index in [1.54, 1.807) is 0 Å². The van der Waals surface area contributed by atoms with Crippen molar-refractivity contribution in [3.8, 4) is 0 Å². The van der Waals surface area contributed by atoms with E-state index in [1.165, 1.54) is 0 Å². The number of fused-ring (bicyclic) bond motifs is 1. The lowest BCUT2D eigenvalue weighted by Crippen LogP contribution is -2.27. The van der Waals surface area contributed by atoms with Gasteiger partial charge in [0.15, 0.2) is 0 Å². The molecule has 0 bridgehead atoms. The lowest BCUT2D eigenvalue weighted by molar-refractivity contribution is -0.158. The van der Waals surface area contributed by atoms with Crippen LogP contribution < -0.4 is 0 Å². The van der Waals surface area contributed by atoms with Crippen LogP contribution in [0, 0.1) is 11.3 Å². The minimum absolute atomic E-state index is 0.0898. The molecule has 0 spiro atoms.